The zero-order valence-electron chi connectivity index (χ0n) is 12.4. The maximum Gasteiger partial charge on any atom is 0.451 e. The Kier molecular flexibility index (Phi) is 5.74. The van der Waals surface area contributed by atoms with E-state index in [-0.39, 0.29) is 12.1 Å². The first-order chi connectivity index (χ1) is 10.1. The van der Waals surface area contributed by atoms with E-state index in [9.17, 15) is 18.0 Å². The third-order valence-electron chi connectivity index (χ3n) is 2.06. The van der Waals surface area contributed by atoms with Gasteiger partial charge in [0.25, 0.3) is 0 Å². The van der Waals surface area contributed by atoms with Gasteiger partial charge in [-0.1, -0.05) is 11.8 Å². The first-order valence-corrected chi connectivity index (χ1v) is 6.43. The standard InChI is InChI=1S/C14H16F3N3O2/c1-13(2,3)22-12(21)18-7-5-4-6-10-8-19-11(20-9-10)14(15,16)17/h8-9H,5,7H2,1-3H3,(H,18,21). The number of hydrogen-bond donors (Lipinski definition) is 1. The Morgan fingerprint density at radius 3 is 2.36 bits per heavy atom. The molecule has 0 aliphatic carbocycles. The van der Waals surface area contributed by atoms with Gasteiger partial charge in [0, 0.05) is 25.4 Å². The molecule has 8 heteroatoms. The van der Waals surface area contributed by atoms with Gasteiger partial charge in [0.15, 0.2) is 0 Å². The molecule has 1 aromatic rings. The predicted molar refractivity (Wildman–Crippen MR) is 72.8 cm³/mol. The molecule has 1 rings (SSSR count). The van der Waals surface area contributed by atoms with E-state index in [0.717, 1.165) is 12.4 Å². The van der Waals surface area contributed by atoms with Gasteiger partial charge < -0.3 is 10.1 Å². The highest BCUT2D eigenvalue weighted by molar-refractivity contribution is 5.67. The summed E-state index contributed by atoms with van der Waals surface area (Å²) in [5.41, 5.74) is -0.307. The summed E-state index contributed by atoms with van der Waals surface area (Å²) in [5, 5.41) is 2.51. The Hall–Kier alpha value is -2.30. The van der Waals surface area contributed by atoms with Gasteiger partial charge >= 0.3 is 12.3 Å². The zero-order valence-corrected chi connectivity index (χ0v) is 12.4. The summed E-state index contributed by atoms with van der Waals surface area (Å²) in [6, 6.07) is 0. The lowest BCUT2D eigenvalue weighted by atomic mass is 10.2. The number of rotatable bonds is 2. The minimum atomic E-state index is -4.57. The van der Waals surface area contributed by atoms with Crippen molar-refractivity contribution < 1.29 is 22.7 Å². The minimum Gasteiger partial charge on any atom is -0.444 e. The number of alkyl carbamates (subject to hydrolysis) is 1. The number of halogens is 3. The van der Waals surface area contributed by atoms with Crippen LogP contribution in [-0.2, 0) is 10.9 Å². The van der Waals surface area contributed by atoms with Crippen LogP contribution in [0.3, 0.4) is 0 Å². The molecule has 0 bridgehead atoms. The van der Waals surface area contributed by atoms with Gasteiger partial charge in [0.05, 0.1) is 5.56 Å². The molecule has 0 atom stereocenters. The number of nitrogens with one attached hydrogen (secondary N) is 1. The van der Waals surface area contributed by atoms with Crippen LogP contribution in [0, 0.1) is 11.8 Å². The van der Waals surface area contributed by atoms with Crippen molar-refractivity contribution in [3.63, 3.8) is 0 Å². The fraction of sp³-hybridized carbons (Fsp3) is 0.500. The van der Waals surface area contributed by atoms with Gasteiger partial charge in [-0.15, -0.1) is 0 Å². The Bertz CT molecular complexity index is 566. The average Bonchev–Trinajstić information content (AvgIpc) is 2.35. The van der Waals surface area contributed by atoms with Crippen LogP contribution in [0.15, 0.2) is 12.4 Å². The van der Waals surface area contributed by atoms with Crippen LogP contribution in [0.1, 0.15) is 38.6 Å². The van der Waals surface area contributed by atoms with Crippen LogP contribution >= 0.6 is 0 Å². The lowest BCUT2D eigenvalue weighted by molar-refractivity contribution is -0.145. The van der Waals surface area contributed by atoms with E-state index < -0.39 is 23.7 Å². The number of aromatic nitrogens is 2. The molecule has 0 saturated heterocycles. The lowest BCUT2D eigenvalue weighted by Crippen LogP contribution is -2.32. The number of carbonyl (C=O) groups excluding carboxylic acids is 1. The highest BCUT2D eigenvalue weighted by Crippen LogP contribution is 2.25. The molecule has 0 aliphatic heterocycles. The van der Waals surface area contributed by atoms with Crippen LogP contribution in [0.2, 0.25) is 0 Å². The highest BCUT2D eigenvalue weighted by atomic mass is 19.4. The summed E-state index contributed by atoms with van der Waals surface area (Å²) in [4.78, 5) is 17.7. The Labute approximate surface area is 126 Å². The molecule has 22 heavy (non-hydrogen) atoms. The third kappa shape index (κ3) is 6.92. The van der Waals surface area contributed by atoms with Crippen molar-refractivity contribution in [2.24, 2.45) is 0 Å². The second-order valence-electron chi connectivity index (χ2n) is 5.27. The molecule has 0 saturated carbocycles. The van der Waals surface area contributed by atoms with Crippen molar-refractivity contribution in [2.75, 3.05) is 6.54 Å². The molecule has 1 aromatic heterocycles. The number of alkyl halides is 3. The molecule has 1 amide bonds. The molecule has 0 aromatic carbocycles. The summed E-state index contributed by atoms with van der Waals surface area (Å²) < 4.78 is 41.8. The highest BCUT2D eigenvalue weighted by Gasteiger charge is 2.34. The monoisotopic (exact) mass is 315 g/mol. The van der Waals surface area contributed by atoms with Gasteiger partial charge in [-0.05, 0) is 20.8 Å². The molecule has 1 heterocycles. The average molecular weight is 315 g/mol. The first kappa shape index (κ1) is 17.8. The molecule has 0 aliphatic rings. The van der Waals surface area contributed by atoms with Crippen molar-refractivity contribution in [1.29, 1.82) is 0 Å². The maximum absolute atomic E-state index is 12.3. The van der Waals surface area contributed by atoms with E-state index in [0.29, 0.717) is 6.42 Å². The summed E-state index contributed by atoms with van der Waals surface area (Å²) in [6.45, 7) is 5.51. The first-order valence-electron chi connectivity index (χ1n) is 6.43. The Balaban J connectivity index is 2.41. The SMILES string of the molecule is CC(C)(C)OC(=O)NCCC#Cc1cnc(C(F)(F)F)nc1. The summed E-state index contributed by atoms with van der Waals surface area (Å²) >= 11 is 0. The second-order valence-corrected chi connectivity index (χ2v) is 5.27. The van der Waals surface area contributed by atoms with E-state index in [1.165, 1.54) is 0 Å². The molecule has 0 spiro atoms. The summed E-state index contributed by atoms with van der Waals surface area (Å²) in [6.07, 6.45) is -2.79. The van der Waals surface area contributed by atoms with E-state index in [4.69, 9.17) is 4.74 Å². The van der Waals surface area contributed by atoms with Gasteiger partial charge in [-0.3, -0.25) is 0 Å². The zero-order chi connectivity index (χ0) is 16.8. The molecule has 1 N–H and O–H groups in total. The summed E-state index contributed by atoms with van der Waals surface area (Å²) in [5.74, 6) is 4.10. The van der Waals surface area contributed by atoms with Gasteiger partial charge in [-0.25, -0.2) is 14.8 Å². The fourth-order valence-corrected chi connectivity index (χ4v) is 1.24. The number of carbonyl (C=O) groups is 1. The van der Waals surface area contributed by atoms with Crippen molar-refractivity contribution >= 4 is 6.09 Å². The number of nitrogens with zero attached hydrogens (tertiary/aromatic N) is 2. The second kappa shape index (κ2) is 7.11. The van der Waals surface area contributed by atoms with E-state index in [1.807, 2.05) is 0 Å². The van der Waals surface area contributed by atoms with Crippen molar-refractivity contribution in [3.05, 3.63) is 23.8 Å². The van der Waals surface area contributed by atoms with Crippen LogP contribution in [0.4, 0.5) is 18.0 Å². The molecular weight excluding hydrogens is 299 g/mol. The molecule has 0 unspecified atom stereocenters. The Morgan fingerprint density at radius 2 is 1.86 bits per heavy atom. The van der Waals surface area contributed by atoms with Crippen molar-refractivity contribution in [2.45, 2.75) is 39.0 Å². The van der Waals surface area contributed by atoms with E-state index in [2.05, 4.69) is 27.1 Å². The van der Waals surface area contributed by atoms with Gasteiger partial charge in [0.2, 0.25) is 5.82 Å². The maximum atomic E-state index is 12.3. The van der Waals surface area contributed by atoms with E-state index >= 15 is 0 Å². The topological polar surface area (TPSA) is 64.1 Å². The van der Waals surface area contributed by atoms with Gasteiger partial charge in [0.1, 0.15) is 5.60 Å². The normalized spacial score (nSPS) is 11.4. The van der Waals surface area contributed by atoms with Crippen LogP contribution < -0.4 is 5.32 Å². The molecule has 5 nitrogen and oxygen atoms in total. The fourth-order valence-electron chi connectivity index (χ4n) is 1.24. The Morgan fingerprint density at radius 1 is 1.27 bits per heavy atom. The largest absolute Gasteiger partial charge is 0.451 e. The summed E-state index contributed by atoms with van der Waals surface area (Å²) in [7, 11) is 0. The number of ether oxygens (including phenoxy) is 1. The smallest absolute Gasteiger partial charge is 0.444 e. The van der Waals surface area contributed by atoms with Crippen molar-refractivity contribution in [3.8, 4) is 11.8 Å². The number of amides is 1. The molecule has 0 radical (unpaired) electrons. The molecule has 0 fully saturated rings. The van der Waals surface area contributed by atoms with Crippen LogP contribution in [0.25, 0.3) is 0 Å². The quantitative estimate of drug-likeness (QED) is 0.673. The minimum absolute atomic E-state index is 0.267. The molecular formula is C14H16F3N3O2. The third-order valence-corrected chi connectivity index (χ3v) is 2.06. The van der Waals surface area contributed by atoms with E-state index in [1.54, 1.807) is 20.8 Å². The lowest BCUT2D eigenvalue weighted by Gasteiger charge is -2.19. The van der Waals surface area contributed by atoms with Gasteiger partial charge in [-0.2, -0.15) is 13.2 Å². The van der Waals surface area contributed by atoms with Crippen molar-refractivity contribution in [1.82, 2.24) is 15.3 Å². The molecule has 120 valence electrons. The van der Waals surface area contributed by atoms with Crippen LogP contribution in [0.5, 0.6) is 0 Å². The predicted octanol–water partition coefficient (Wildman–Crippen LogP) is 2.76. The number of hydrogen-bond acceptors (Lipinski definition) is 4. The van der Waals surface area contributed by atoms with Crippen LogP contribution in [-0.4, -0.2) is 28.2 Å².